The molecule has 0 bridgehead atoms. The predicted octanol–water partition coefficient (Wildman–Crippen LogP) is 2.46. The van der Waals surface area contributed by atoms with Crippen molar-refractivity contribution in [1.82, 2.24) is 0 Å². The second-order valence-corrected chi connectivity index (χ2v) is 3.09. The number of carbonyl (C=O) groups is 1. The lowest BCUT2D eigenvalue weighted by molar-refractivity contribution is -0.131. The van der Waals surface area contributed by atoms with Gasteiger partial charge in [-0.25, -0.2) is 4.79 Å². The minimum absolute atomic E-state index is 0.406. The maximum absolute atomic E-state index is 10.6. The summed E-state index contributed by atoms with van der Waals surface area (Å²) in [6.07, 6.45) is 1.09. The average Bonchev–Trinajstić information content (AvgIpc) is 2.17. The van der Waals surface area contributed by atoms with Crippen LogP contribution in [-0.4, -0.2) is 17.7 Å². The predicted molar refractivity (Wildman–Crippen MR) is 58.4 cm³/mol. The molecule has 80 valence electrons. The quantitative estimate of drug-likeness (QED) is 0.608. The van der Waals surface area contributed by atoms with Crippen molar-refractivity contribution < 1.29 is 14.6 Å². The van der Waals surface area contributed by atoms with E-state index in [0.717, 1.165) is 17.2 Å². The Bertz CT molecular complexity index is 380. The zero-order valence-electron chi connectivity index (χ0n) is 8.86. The van der Waals surface area contributed by atoms with Gasteiger partial charge in [-0.1, -0.05) is 24.3 Å². The molecular formula is C12H14O3. The van der Waals surface area contributed by atoms with Gasteiger partial charge in [0, 0.05) is 5.56 Å². The first-order chi connectivity index (χ1) is 7.15. The summed E-state index contributed by atoms with van der Waals surface area (Å²) in [5.41, 5.74) is 1.82. The standard InChI is InChI=1S/C12H14O3/c1-3-15-11(8-12(13)14)10-7-5-4-6-9(10)2/h4-8H,3H2,1-2H3,(H,13,14). The summed E-state index contributed by atoms with van der Waals surface area (Å²) in [5, 5.41) is 8.71. The van der Waals surface area contributed by atoms with Crippen LogP contribution < -0.4 is 0 Å². The van der Waals surface area contributed by atoms with Crippen molar-refractivity contribution in [2.75, 3.05) is 6.61 Å². The van der Waals surface area contributed by atoms with Crippen molar-refractivity contribution >= 4 is 11.7 Å². The fourth-order valence-corrected chi connectivity index (χ4v) is 1.31. The first kappa shape index (κ1) is 11.3. The molecule has 0 amide bonds. The molecular weight excluding hydrogens is 192 g/mol. The number of hydrogen-bond acceptors (Lipinski definition) is 2. The molecule has 3 nitrogen and oxygen atoms in total. The van der Waals surface area contributed by atoms with Gasteiger partial charge in [0.05, 0.1) is 12.7 Å². The van der Waals surface area contributed by atoms with E-state index in [1.165, 1.54) is 0 Å². The minimum atomic E-state index is -0.998. The van der Waals surface area contributed by atoms with Crippen molar-refractivity contribution in [2.45, 2.75) is 13.8 Å². The van der Waals surface area contributed by atoms with Crippen LogP contribution in [0.4, 0.5) is 0 Å². The molecule has 1 aromatic carbocycles. The molecule has 1 N–H and O–H groups in total. The Morgan fingerprint density at radius 1 is 1.47 bits per heavy atom. The molecule has 0 aliphatic carbocycles. The highest BCUT2D eigenvalue weighted by Crippen LogP contribution is 2.19. The van der Waals surface area contributed by atoms with Crippen LogP contribution in [0.5, 0.6) is 0 Å². The first-order valence-corrected chi connectivity index (χ1v) is 4.78. The molecule has 0 aliphatic rings. The maximum atomic E-state index is 10.6. The van der Waals surface area contributed by atoms with E-state index in [-0.39, 0.29) is 0 Å². The number of rotatable bonds is 4. The molecule has 0 atom stereocenters. The smallest absolute Gasteiger partial charge is 0.332 e. The molecule has 0 saturated carbocycles. The molecule has 15 heavy (non-hydrogen) atoms. The third-order valence-corrected chi connectivity index (χ3v) is 1.96. The lowest BCUT2D eigenvalue weighted by Gasteiger charge is -2.10. The Labute approximate surface area is 89.0 Å². The van der Waals surface area contributed by atoms with Crippen LogP contribution in [-0.2, 0) is 9.53 Å². The van der Waals surface area contributed by atoms with E-state index >= 15 is 0 Å². The van der Waals surface area contributed by atoms with Crippen LogP contribution in [0.1, 0.15) is 18.1 Å². The van der Waals surface area contributed by atoms with Crippen LogP contribution in [0.2, 0.25) is 0 Å². The summed E-state index contributed by atoms with van der Waals surface area (Å²) in [4.78, 5) is 10.6. The Morgan fingerprint density at radius 3 is 2.67 bits per heavy atom. The number of hydrogen-bond donors (Lipinski definition) is 1. The molecule has 3 heteroatoms. The largest absolute Gasteiger partial charge is 0.493 e. The number of ether oxygens (including phenoxy) is 1. The van der Waals surface area contributed by atoms with Crippen molar-refractivity contribution in [3.05, 3.63) is 41.5 Å². The van der Waals surface area contributed by atoms with Crippen LogP contribution in [0.15, 0.2) is 30.3 Å². The molecule has 0 heterocycles. The maximum Gasteiger partial charge on any atom is 0.332 e. The van der Waals surface area contributed by atoms with Gasteiger partial charge in [-0.2, -0.15) is 0 Å². The number of aryl methyl sites for hydroxylation is 1. The average molecular weight is 206 g/mol. The van der Waals surface area contributed by atoms with E-state index < -0.39 is 5.97 Å². The molecule has 0 unspecified atom stereocenters. The van der Waals surface area contributed by atoms with E-state index in [0.29, 0.717) is 12.4 Å². The molecule has 1 aromatic rings. The second-order valence-electron chi connectivity index (χ2n) is 3.09. The number of aliphatic carboxylic acids is 1. The van der Waals surface area contributed by atoms with Gasteiger partial charge in [-0.3, -0.25) is 0 Å². The van der Waals surface area contributed by atoms with Gasteiger partial charge in [0.1, 0.15) is 5.76 Å². The minimum Gasteiger partial charge on any atom is -0.493 e. The SMILES string of the molecule is CCOC(=CC(=O)O)c1ccccc1C. The second kappa shape index (κ2) is 5.20. The van der Waals surface area contributed by atoms with Gasteiger partial charge in [-0.15, -0.1) is 0 Å². The van der Waals surface area contributed by atoms with Gasteiger partial charge in [0.25, 0.3) is 0 Å². The highest BCUT2D eigenvalue weighted by molar-refractivity contribution is 5.88. The van der Waals surface area contributed by atoms with E-state index in [2.05, 4.69) is 0 Å². The van der Waals surface area contributed by atoms with Gasteiger partial charge in [0.15, 0.2) is 0 Å². The molecule has 0 spiro atoms. The highest BCUT2D eigenvalue weighted by atomic mass is 16.5. The van der Waals surface area contributed by atoms with E-state index in [1.54, 1.807) is 0 Å². The van der Waals surface area contributed by atoms with Gasteiger partial charge in [0.2, 0.25) is 0 Å². The summed E-state index contributed by atoms with van der Waals surface area (Å²) >= 11 is 0. The third-order valence-electron chi connectivity index (χ3n) is 1.96. The van der Waals surface area contributed by atoms with E-state index in [4.69, 9.17) is 9.84 Å². The molecule has 1 rings (SSSR count). The Morgan fingerprint density at radius 2 is 2.13 bits per heavy atom. The number of carboxylic acids is 1. The summed E-state index contributed by atoms with van der Waals surface area (Å²) in [6, 6.07) is 7.53. The zero-order valence-corrected chi connectivity index (χ0v) is 8.86. The van der Waals surface area contributed by atoms with Gasteiger partial charge in [-0.05, 0) is 19.4 Å². The molecule has 0 aromatic heterocycles. The lowest BCUT2D eigenvalue weighted by Crippen LogP contribution is -1.98. The van der Waals surface area contributed by atoms with Crippen molar-refractivity contribution in [3.8, 4) is 0 Å². The monoisotopic (exact) mass is 206 g/mol. The Hall–Kier alpha value is -1.77. The third kappa shape index (κ3) is 3.13. The molecule has 0 saturated heterocycles. The number of benzene rings is 1. The van der Waals surface area contributed by atoms with Gasteiger partial charge < -0.3 is 9.84 Å². The van der Waals surface area contributed by atoms with Gasteiger partial charge >= 0.3 is 5.97 Å². The lowest BCUT2D eigenvalue weighted by atomic mass is 10.1. The Balaban J connectivity index is 3.10. The topological polar surface area (TPSA) is 46.5 Å². The summed E-state index contributed by atoms with van der Waals surface area (Å²) in [5.74, 6) is -0.593. The molecule has 0 radical (unpaired) electrons. The zero-order chi connectivity index (χ0) is 11.3. The van der Waals surface area contributed by atoms with Crippen LogP contribution in [0, 0.1) is 6.92 Å². The van der Waals surface area contributed by atoms with E-state index in [9.17, 15) is 4.79 Å². The number of carboxylic acid groups (broad SMARTS) is 1. The normalized spacial score (nSPS) is 11.2. The molecule has 0 fully saturated rings. The Kier molecular flexibility index (Phi) is 3.92. The van der Waals surface area contributed by atoms with E-state index in [1.807, 2.05) is 38.1 Å². The van der Waals surface area contributed by atoms with Crippen LogP contribution >= 0.6 is 0 Å². The van der Waals surface area contributed by atoms with Crippen molar-refractivity contribution in [1.29, 1.82) is 0 Å². The van der Waals surface area contributed by atoms with Crippen molar-refractivity contribution in [2.24, 2.45) is 0 Å². The molecule has 0 aliphatic heterocycles. The van der Waals surface area contributed by atoms with Crippen LogP contribution in [0.3, 0.4) is 0 Å². The fraction of sp³-hybridized carbons (Fsp3) is 0.250. The fourth-order valence-electron chi connectivity index (χ4n) is 1.31. The summed E-state index contributed by atoms with van der Waals surface area (Å²) in [7, 11) is 0. The summed E-state index contributed by atoms with van der Waals surface area (Å²) < 4.78 is 5.30. The van der Waals surface area contributed by atoms with Crippen molar-refractivity contribution in [3.63, 3.8) is 0 Å². The first-order valence-electron chi connectivity index (χ1n) is 4.78. The summed E-state index contributed by atoms with van der Waals surface area (Å²) in [6.45, 7) is 4.20. The highest BCUT2D eigenvalue weighted by Gasteiger charge is 2.07. The van der Waals surface area contributed by atoms with Crippen LogP contribution in [0.25, 0.3) is 5.76 Å².